The zero-order valence-corrected chi connectivity index (χ0v) is 12.1. The van der Waals surface area contributed by atoms with Gasteiger partial charge in [0.1, 0.15) is 0 Å². The van der Waals surface area contributed by atoms with Gasteiger partial charge in [-0.05, 0) is 38.0 Å². The summed E-state index contributed by atoms with van der Waals surface area (Å²) < 4.78 is 0. The molecular formula is C14H22N2OS. The number of nitrogens with one attached hydrogen (secondary N) is 1. The van der Waals surface area contributed by atoms with Crippen LogP contribution in [0.3, 0.4) is 0 Å². The van der Waals surface area contributed by atoms with Crippen LogP contribution < -0.4 is 11.1 Å². The topological polar surface area (TPSA) is 55.1 Å². The highest BCUT2D eigenvalue weighted by molar-refractivity contribution is 8.00. The Bertz CT molecular complexity index is 393. The molecular weight excluding hydrogens is 244 g/mol. The Hall–Kier alpha value is -1.00. The van der Waals surface area contributed by atoms with E-state index in [1.807, 2.05) is 39.0 Å². The maximum Gasteiger partial charge on any atom is 0.233 e. The molecule has 2 atom stereocenters. The van der Waals surface area contributed by atoms with E-state index >= 15 is 0 Å². The van der Waals surface area contributed by atoms with Crippen molar-refractivity contribution in [1.29, 1.82) is 0 Å². The minimum absolute atomic E-state index is 0.0229. The van der Waals surface area contributed by atoms with Crippen molar-refractivity contribution in [3.8, 4) is 0 Å². The van der Waals surface area contributed by atoms with Crippen molar-refractivity contribution in [3.05, 3.63) is 29.8 Å². The summed E-state index contributed by atoms with van der Waals surface area (Å²) in [6.45, 7) is 6.67. The zero-order valence-electron chi connectivity index (χ0n) is 11.3. The number of thioether (sulfide) groups is 1. The van der Waals surface area contributed by atoms with Crippen LogP contribution >= 0.6 is 11.8 Å². The molecule has 0 aliphatic carbocycles. The molecule has 0 fully saturated rings. The van der Waals surface area contributed by atoms with Crippen LogP contribution in [0.4, 0.5) is 0 Å². The molecule has 3 nitrogen and oxygen atoms in total. The Morgan fingerprint density at radius 1 is 1.44 bits per heavy atom. The first-order valence-corrected chi connectivity index (χ1v) is 7.22. The molecule has 0 aliphatic heterocycles. The number of hydrogen-bond acceptors (Lipinski definition) is 3. The molecule has 0 aliphatic rings. The van der Waals surface area contributed by atoms with Crippen molar-refractivity contribution in [2.45, 2.75) is 43.4 Å². The summed E-state index contributed by atoms with van der Waals surface area (Å²) in [7, 11) is 0. The molecule has 18 heavy (non-hydrogen) atoms. The van der Waals surface area contributed by atoms with Gasteiger partial charge in [0.25, 0.3) is 0 Å². The van der Waals surface area contributed by atoms with E-state index in [2.05, 4.69) is 11.4 Å². The van der Waals surface area contributed by atoms with E-state index in [4.69, 9.17) is 5.73 Å². The van der Waals surface area contributed by atoms with Crippen LogP contribution in [0.2, 0.25) is 0 Å². The first-order chi connectivity index (χ1) is 8.54. The maximum atomic E-state index is 11.8. The van der Waals surface area contributed by atoms with Crippen molar-refractivity contribution in [1.82, 2.24) is 5.32 Å². The maximum absolute atomic E-state index is 11.8. The van der Waals surface area contributed by atoms with Gasteiger partial charge in [0, 0.05) is 17.5 Å². The molecule has 0 bridgehead atoms. The van der Waals surface area contributed by atoms with E-state index in [1.54, 1.807) is 11.8 Å². The Kier molecular flexibility index (Phi) is 6.22. The smallest absolute Gasteiger partial charge is 0.233 e. The number of amides is 1. The lowest BCUT2D eigenvalue weighted by Gasteiger charge is -2.13. The second-order valence-electron chi connectivity index (χ2n) is 4.41. The van der Waals surface area contributed by atoms with Crippen molar-refractivity contribution in [2.24, 2.45) is 5.73 Å². The van der Waals surface area contributed by atoms with Crippen LogP contribution in [0.15, 0.2) is 29.2 Å². The largest absolute Gasteiger partial charge is 0.355 e. The third kappa shape index (κ3) is 4.70. The molecule has 1 amide bonds. The Morgan fingerprint density at radius 2 is 2.17 bits per heavy atom. The Morgan fingerprint density at radius 3 is 2.78 bits per heavy atom. The number of hydrogen-bond donors (Lipinski definition) is 2. The fourth-order valence-corrected chi connectivity index (χ4v) is 2.48. The Balaban J connectivity index is 2.61. The lowest BCUT2D eigenvalue weighted by atomic mass is 10.1. The summed E-state index contributed by atoms with van der Waals surface area (Å²) in [4.78, 5) is 12.9. The first kappa shape index (κ1) is 15.1. The molecule has 0 spiro atoms. The predicted molar refractivity (Wildman–Crippen MR) is 77.7 cm³/mol. The summed E-state index contributed by atoms with van der Waals surface area (Å²) in [6, 6.07) is 8.09. The fourth-order valence-electron chi connectivity index (χ4n) is 1.52. The molecule has 0 heterocycles. The van der Waals surface area contributed by atoms with E-state index in [-0.39, 0.29) is 17.2 Å². The van der Waals surface area contributed by atoms with Gasteiger partial charge in [-0.3, -0.25) is 4.79 Å². The van der Waals surface area contributed by atoms with E-state index in [0.717, 1.165) is 23.4 Å². The van der Waals surface area contributed by atoms with Crippen LogP contribution in [-0.4, -0.2) is 17.7 Å². The summed E-state index contributed by atoms with van der Waals surface area (Å²) in [5.41, 5.74) is 6.95. The van der Waals surface area contributed by atoms with Gasteiger partial charge < -0.3 is 11.1 Å². The zero-order chi connectivity index (χ0) is 13.5. The third-order valence-corrected chi connectivity index (χ3v) is 3.71. The van der Waals surface area contributed by atoms with Crippen LogP contribution in [0, 0.1) is 0 Å². The van der Waals surface area contributed by atoms with Crippen LogP contribution in [0.5, 0.6) is 0 Å². The van der Waals surface area contributed by atoms with Gasteiger partial charge in [-0.1, -0.05) is 19.1 Å². The van der Waals surface area contributed by atoms with Gasteiger partial charge in [0.05, 0.1) is 5.25 Å². The van der Waals surface area contributed by atoms with Crippen LogP contribution in [0.25, 0.3) is 0 Å². The standard InChI is InChI=1S/C14H22N2OS/c1-4-8-16-14(17)11(3)18-13-7-5-6-12(9-13)10(2)15/h5-7,9-11H,4,8,15H2,1-3H3,(H,16,17). The highest BCUT2D eigenvalue weighted by Crippen LogP contribution is 2.25. The van der Waals surface area contributed by atoms with Gasteiger partial charge in [-0.25, -0.2) is 0 Å². The van der Waals surface area contributed by atoms with E-state index < -0.39 is 0 Å². The second kappa shape index (κ2) is 7.44. The SMILES string of the molecule is CCCNC(=O)C(C)Sc1cccc(C(C)N)c1. The summed E-state index contributed by atoms with van der Waals surface area (Å²) >= 11 is 1.57. The number of carbonyl (C=O) groups is 1. The van der Waals surface area contributed by atoms with Crippen molar-refractivity contribution in [2.75, 3.05) is 6.54 Å². The minimum Gasteiger partial charge on any atom is -0.355 e. The Labute approximate surface area is 114 Å². The average Bonchev–Trinajstić information content (AvgIpc) is 2.36. The molecule has 0 radical (unpaired) electrons. The molecule has 0 saturated carbocycles. The number of rotatable bonds is 6. The molecule has 1 aromatic rings. The molecule has 0 aromatic heterocycles. The summed E-state index contributed by atoms with van der Waals surface area (Å²) in [5, 5.41) is 2.82. The van der Waals surface area contributed by atoms with Gasteiger partial charge in [-0.15, -0.1) is 11.8 Å². The molecule has 100 valence electrons. The summed E-state index contributed by atoms with van der Waals surface area (Å²) in [6.07, 6.45) is 0.962. The lowest BCUT2D eigenvalue weighted by Crippen LogP contribution is -2.31. The van der Waals surface area contributed by atoms with E-state index in [0.29, 0.717) is 0 Å². The molecule has 1 aromatic carbocycles. The van der Waals surface area contributed by atoms with Gasteiger partial charge in [0.15, 0.2) is 0 Å². The van der Waals surface area contributed by atoms with Crippen molar-refractivity contribution >= 4 is 17.7 Å². The molecule has 4 heteroatoms. The number of benzene rings is 1. The number of nitrogens with two attached hydrogens (primary N) is 1. The highest BCUT2D eigenvalue weighted by atomic mass is 32.2. The highest BCUT2D eigenvalue weighted by Gasteiger charge is 2.13. The van der Waals surface area contributed by atoms with Crippen LogP contribution in [-0.2, 0) is 4.79 Å². The fraction of sp³-hybridized carbons (Fsp3) is 0.500. The third-order valence-electron chi connectivity index (χ3n) is 2.62. The molecule has 0 saturated heterocycles. The average molecular weight is 266 g/mol. The van der Waals surface area contributed by atoms with Crippen molar-refractivity contribution in [3.63, 3.8) is 0 Å². The van der Waals surface area contributed by atoms with Crippen LogP contribution in [0.1, 0.15) is 38.8 Å². The van der Waals surface area contributed by atoms with Gasteiger partial charge in [-0.2, -0.15) is 0 Å². The quantitative estimate of drug-likeness (QED) is 0.778. The predicted octanol–water partition coefficient (Wildman–Crippen LogP) is 2.71. The van der Waals surface area contributed by atoms with E-state index in [1.165, 1.54) is 0 Å². The normalized spacial score (nSPS) is 14.0. The summed E-state index contributed by atoms with van der Waals surface area (Å²) in [5.74, 6) is 0.0908. The molecule has 2 unspecified atom stereocenters. The lowest BCUT2D eigenvalue weighted by molar-refractivity contribution is -0.120. The molecule has 1 rings (SSSR count). The number of carbonyl (C=O) groups excluding carboxylic acids is 1. The second-order valence-corrected chi connectivity index (χ2v) is 5.83. The minimum atomic E-state index is -0.0834. The van der Waals surface area contributed by atoms with Gasteiger partial charge in [0.2, 0.25) is 5.91 Å². The first-order valence-electron chi connectivity index (χ1n) is 6.34. The van der Waals surface area contributed by atoms with Gasteiger partial charge >= 0.3 is 0 Å². The monoisotopic (exact) mass is 266 g/mol. The van der Waals surface area contributed by atoms with Crippen molar-refractivity contribution < 1.29 is 4.79 Å². The molecule has 3 N–H and O–H groups in total. The van der Waals surface area contributed by atoms with E-state index in [9.17, 15) is 4.79 Å².